The van der Waals surface area contributed by atoms with Gasteiger partial charge in [0.1, 0.15) is 0 Å². The molecule has 124 valence electrons. The topological polar surface area (TPSA) is 93.7 Å². The van der Waals surface area contributed by atoms with Crippen molar-refractivity contribution in [1.29, 1.82) is 0 Å². The minimum absolute atomic E-state index is 0.00523. The first-order chi connectivity index (χ1) is 10.2. The Labute approximate surface area is 131 Å². The second-order valence-electron chi connectivity index (χ2n) is 5.02. The van der Waals surface area contributed by atoms with Crippen LogP contribution in [0.4, 0.5) is 0 Å². The molecule has 0 bridgehead atoms. The summed E-state index contributed by atoms with van der Waals surface area (Å²) >= 11 is 0. The van der Waals surface area contributed by atoms with Crippen LogP contribution in [0.15, 0.2) is 23.1 Å². The van der Waals surface area contributed by atoms with Gasteiger partial charge in [-0.2, -0.15) is 4.72 Å². The molecule has 1 rings (SSSR count). The van der Waals surface area contributed by atoms with Gasteiger partial charge in [-0.1, -0.05) is 0 Å². The maximum atomic E-state index is 12.3. The first-order valence-electron chi connectivity index (χ1n) is 6.76. The maximum absolute atomic E-state index is 12.3. The number of carbonyl (C=O) groups excluding carboxylic acids is 1. The predicted octanol–water partition coefficient (Wildman–Crippen LogP) is 0.895. The zero-order chi connectivity index (χ0) is 16.9. The molecule has 0 aliphatic heterocycles. The van der Waals surface area contributed by atoms with Crippen molar-refractivity contribution in [3.63, 3.8) is 0 Å². The quantitative estimate of drug-likeness (QED) is 0.774. The first kappa shape index (κ1) is 18.2. The molecular weight excluding hydrogens is 308 g/mol. The molecule has 1 amide bonds. The van der Waals surface area contributed by atoms with E-state index in [4.69, 9.17) is 9.47 Å². The zero-order valence-corrected chi connectivity index (χ0v) is 14.2. The lowest BCUT2D eigenvalue weighted by Crippen LogP contribution is -2.46. The third-order valence-electron chi connectivity index (χ3n) is 2.82. The Morgan fingerprint density at radius 2 is 1.68 bits per heavy atom. The molecule has 0 heterocycles. The highest BCUT2D eigenvalue weighted by Crippen LogP contribution is 2.29. The number of carbonyl (C=O) groups is 1. The van der Waals surface area contributed by atoms with Crippen LogP contribution in [0.1, 0.15) is 20.8 Å². The molecule has 0 spiro atoms. The molecule has 8 heteroatoms. The summed E-state index contributed by atoms with van der Waals surface area (Å²) < 4.78 is 37.1. The first-order valence-corrected chi connectivity index (χ1v) is 8.24. The highest BCUT2D eigenvalue weighted by atomic mass is 32.2. The van der Waals surface area contributed by atoms with Gasteiger partial charge in [0, 0.05) is 12.1 Å². The summed E-state index contributed by atoms with van der Waals surface area (Å²) in [4.78, 5) is 11.8. The van der Waals surface area contributed by atoms with Crippen molar-refractivity contribution in [2.75, 3.05) is 14.2 Å². The molecule has 0 fully saturated rings. The zero-order valence-electron chi connectivity index (χ0n) is 13.3. The van der Waals surface area contributed by atoms with E-state index < -0.39 is 16.1 Å². The summed E-state index contributed by atoms with van der Waals surface area (Å²) in [7, 11) is -0.966. The SMILES string of the molecule is COc1ccc(S(=O)(=O)NC(C)C(=O)NC(C)C)cc1OC. The molecule has 0 aliphatic carbocycles. The number of rotatable bonds is 7. The lowest BCUT2D eigenvalue weighted by Gasteiger charge is -2.17. The van der Waals surface area contributed by atoms with E-state index in [0.717, 1.165) is 0 Å². The van der Waals surface area contributed by atoms with E-state index in [0.29, 0.717) is 11.5 Å². The van der Waals surface area contributed by atoms with E-state index in [9.17, 15) is 13.2 Å². The number of amides is 1. The van der Waals surface area contributed by atoms with E-state index in [1.807, 2.05) is 0 Å². The lowest BCUT2D eigenvalue weighted by molar-refractivity contribution is -0.122. The van der Waals surface area contributed by atoms with E-state index in [1.165, 1.54) is 39.3 Å². The molecule has 2 N–H and O–H groups in total. The van der Waals surface area contributed by atoms with Gasteiger partial charge in [0.25, 0.3) is 0 Å². The van der Waals surface area contributed by atoms with Crippen LogP contribution in [0.25, 0.3) is 0 Å². The number of hydrogen-bond acceptors (Lipinski definition) is 5. The van der Waals surface area contributed by atoms with Crippen LogP contribution in [-0.4, -0.2) is 40.6 Å². The molecule has 0 saturated heterocycles. The summed E-state index contributed by atoms with van der Waals surface area (Å²) in [6.45, 7) is 5.08. The lowest BCUT2D eigenvalue weighted by atomic mass is 10.3. The van der Waals surface area contributed by atoms with Gasteiger partial charge < -0.3 is 14.8 Å². The van der Waals surface area contributed by atoms with Gasteiger partial charge >= 0.3 is 0 Å². The number of benzene rings is 1. The van der Waals surface area contributed by atoms with Crippen molar-refractivity contribution in [3.05, 3.63) is 18.2 Å². The molecule has 0 radical (unpaired) electrons. The largest absolute Gasteiger partial charge is 0.493 e. The van der Waals surface area contributed by atoms with Crippen molar-refractivity contribution in [3.8, 4) is 11.5 Å². The molecule has 0 aliphatic rings. The van der Waals surface area contributed by atoms with Crippen molar-refractivity contribution in [2.24, 2.45) is 0 Å². The number of sulfonamides is 1. The summed E-state index contributed by atoms with van der Waals surface area (Å²) in [5.74, 6) is 0.329. The third kappa shape index (κ3) is 4.60. The van der Waals surface area contributed by atoms with Gasteiger partial charge in [-0.3, -0.25) is 4.79 Å². The van der Waals surface area contributed by atoms with Crippen molar-refractivity contribution < 1.29 is 22.7 Å². The van der Waals surface area contributed by atoms with Crippen molar-refractivity contribution >= 4 is 15.9 Å². The van der Waals surface area contributed by atoms with Crippen LogP contribution in [0.2, 0.25) is 0 Å². The molecule has 1 aromatic carbocycles. The van der Waals surface area contributed by atoms with Gasteiger partial charge in [0.2, 0.25) is 15.9 Å². The highest BCUT2D eigenvalue weighted by molar-refractivity contribution is 7.89. The Bertz CT molecular complexity index is 628. The number of methoxy groups -OCH3 is 2. The monoisotopic (exact) mass is 330 g/mol. The molecule has 1 aromatic rings. The van der Waals surface area contributed by atoms with Gasteiger partial charge in [0.15, 0.2) is 11.5 Å². The minimum Gasteiger partial charge on any atom is -0.493 e. The highest BCUT2D eigenvalue weighted by Gasteiger charge is 2.23. The fourth-order valence-electron chi connectivity index (χ4n) is 1.75. The van der Waals surface area contributed by atoms with Crippen LogP contribution in [0.5, 0.6) is 11.5 Å². The van der Waals surface area contributed by atoms with E-state index in [-0.39, 0.29) is 16.8 Å². The second-order valence-corrected chi connectivity index (χ2v) is 6.74. The molecule has 1 unspecified atom stereocenters. The maximum Gasteiger partial charge on any atom is 0.241 e. The fraction of sp³-hybridized carbons (Fsp3) is 0.500. The molecular formula is C14H22N2O5S. The summed E-state index contributed by atoms with van der Waals surface area (Å²) in [6, 6.07) is 3.26. The van der Waals surface area contributed by atoms with Gasteiger partial charge in [-0.15, -0.1) is 0 Å². The average molecular weight is 330 g/mol. The van der Waals surface area contributed by atoms with Gasteiger partial charge in [-0.25, -0.2) is 8.42 Å². The van der Waals surface area contributed by atoms with Crippen molar-refractivity contribution in [1.82, 2.24) is 10.0 Å². The Kier molecular flexibility index (Phi) is 6.19. The Balaban J connectivity index is 2.97. The number of nitrogens with one attached hydrogen (secondary N) is 2. The summed E-state index contributed by atoms with van der Waals surface area (Å²) in [5, 5.41) is 2.65. The predicted molar refractivity (Wildman–Crippen MR) is 82.6 cm³/mol. The van der Waals surface area contributed by atoms with E-state index >= 15 is 0 Å². The number of hydrogen-bond donors (Lipinski definition) is 2. The van der Waals surface area contributed by atoms with Gasteiger partial charge in [0.05, 0.1) is 25.2 Å². The molecule has 0 saturated carbocycles. The third-order valence-corrected chi connectivity index (χ3v) is 4.36. The smallest absolute Gasteiger partial charge is 0.241 e. The Morgan fingerprint density at radius 1 is 1.09 bits per heavy atom. The molecule has 1 atom stereocenters. The fourth-order valence-corrected chi connectivity index (χ4v) is 2.97. The Hall–Kier alpha value is -1.80. The average Bonchev–Trinajstić information content (AvgIpc) is 2.45. The molecule has 22 heavy (non-hydrogen) atoms. The van der Waals surface area contributed by atoms with Crippen LogP contribution >= 0.6 is 0 Å². The van der Waals surface area contributed by atoms with Crippen LogP contribution < -0.4 is 19.5 Å². The molecule has 0 aromatic heterocycles. The second kappa shape index (κ2) is 7.46. The van der Waals surface area contributed by atoms with Crippen LogP contribution in [0.3, 0.4) is 0 Å². The summed E-state index contributed by atoms with van der Waals surface area (Å²) in [6.07, 6.45) is 0. The van der Waals surface area contributed by atoms with E-state index in [1.54, 1.807) is 13.8 Å². The van der Waals surface area contributed by atoms with E-state index in [2.05, 4.69) is 10.0 Å². The van der Waals surface area contributed by atoms with Gasteiger partial charge in [-0.05, 0) is 32.9 Å². The van der Waals surface area contributed by atoms with Crippen LogP contribution in [0, 0.1) is 0 Å². The number of ether oxygens (including phenoxy) is 2. The normalized spacial score (nSPS) is 12.8. The minimum atomic E-state index is -3.84. The Morgan fingerprint density at radius 3 is 2.18 bits per heavy atom. The van der Waals surface area contributed by atoms with Crippen molar-refractivity contribution in [2.45, 2.75) is 37.8 Å². The standard InChI is InChI=1S/C14H22N2O5S/c1-9(2)15-14(17)10(3)16-22(18,19)11-6-7-12(20-4)13(8-11)21-5/h6-10,16H,1-5H3,(H,15,17). The molecule has 7 nitrogen and oxygen atoms in total. The summed E-state index contributed by atoms with van der Waals surface area (Å²) in [5.41, 5.74) is 0. The van der Waals surface area contributed by atoms with Crippen LogP contribution in [-0.2, 0) is 14.8 Å².